The molecular formula is C25H31FN4O3. The molecule has 2 amide bonds. The normalized spacial score (nSPS) is 17.7. The van der Waals surface area contributed by atoms with Crippen LogP contribution in [0.5, 0.6) is 0 Å². The molecule has 8 heteroatoms. The van der Waals surface area contributed by atoms with E-state index in [2.05, 4.69) is 22.3 Å². The zero-order valence-corrected chi connectivity index (χ0v) is 18.8. The van der Waals surface area contributed by atoms with Crippen LogP contribution in [0.4, 0.5) is 4.39 Å². The molecule has 7 nitrogen and oxygen atoms in total. The first-order valence-corrected chi connectivity index (χ1v) is 11.5. The molecule has 0 aromatic heterocycles. The second-order valence-corrected chi connectivity index (χ2v) is 8.48. The predicted octanol–water partition coefficient (Wildman–Crippen LogP) is 1.73. The van der Waals surface area contributed by atoms with Gasteiger partial charge in [-0.3, -0.25) is 19.4 Å². The molecule has 2 aliphatic rings. The molecule has 2 aromatic rings. The van der Waals surface area contributed by atoms with E-state index in [0.29, 0.717) is 32.7 Å². The van der Waals surface area contributed by atoms with Crippen LogP contribution in [-0.2, 0) is 22.6 Å². The molecule has 2 aromatic carbocycles. The van der Waals surface area contributed by atoms with Crippen LogP contribution in [0.2, 0.25) is 0 Å². The highest BCUT2D eigenvalue weighted by Gasteiger charge is 2.24. The molecule has 0 atom stereocenters. The minimum absolute atomic E-state index is 0.0370. The maximum absolute atomic E-state index is 13.9. The monoisotopic (exact) mass is 454 g/mol. The van der Waals surface area contributed by atoms with E-state index in [9.17, 15) is 14.0 Å². The number of ether oxygens (including phenoxy) is 1. The molecule has 2 aliphatic heterocycles. The summed E-state index contributed by atoms with van der Waals surface area (Å²) >= 11 is 0. The fraction of sp³-hybridized carbons (Fsp3) is 0.440. The van der Waals surface area contributed by atoms with Crippen molar-refractivity contribution >= 4 is 11.8 Å². The standard InChI is InChI=1S/C25H31FN4O3/c26-23-8-4-3-7-22(23)25(32)30-11-9-28(10-12-30)19-24(31)27-17-20-5-1-2-6-21(20)18-29-13-15-33-16-14-29/h1-8H,9-19H2,(H,27,31). The van der Waals surface area contributed by atoms with Crippen LogP contribution in [0.25, 0.3) is 0 Å². The SMILES string of the molecule is O=C(CN1CCN(C(=O)c2ccccc2F)CC1)NCc1ccccc1CN1CCOCC1. The van der Waals surface area contributed by atoms with Crippen molar-refractivity contribution in [1.82, 2.24) is 20.0 Å². The van der Waals surface area contributed by atoms with Gasteiger partial charge in [0.1, 0.15) is 5.82 Å². The Labute approximate surface area is 194 Å². The minimum Gasteiger partial charge on any atom is -0.379 e. The molecule has 1 N–H and O–H groups in total. The van der Waals surface area contributed by atoms with Crippen LogP contribution >= 0.6 is 0 Å². The second-order valence-electron chi connectivity index (χ2n) is 8.48. The Hall–Kier alpha value is -2.81. The summed E-state index contributed by atoms with van der Waals surface area (Å²) in [5.74, 6) is -0.836. The largest absolute Gasteiger partial charge is 0.379 e. The average Bonchev–Trinajstić information content (AvgIpc) is 2.84. The van der Waals surface area contributed by atoms with Gasteiger partial charge in [0.05, 0.1) is 25.3 Å². The van der Waals surface area contributed by atoms with Crippen molar-refractivity contribution in [1.29, 1.82) is 0 Å². The molecule has 2 fully saturated rings. The number of hydrogen-bond acceptors (Lipinski definition) is 5. The summed E-state index contributed by atoms with van der Waals surface area (Å²) in [4.78, 5) is 31.2. The first kappa shape index (κ1) is 23.4. The lowest BCUT2D eigenvalue weighted by Crippen LogP contribution is -2.51. The Bertz CT molecular complexity index is 956. The number of benzene rings is 2. The maximum atomic E-state index is 13.9. The lowest BCUT2D eigenvalue weighted by atomic mass is 10.1. The summed E-state index contributed by atoms with van der Waals surface area (Å²) in [6.45, 7) is 7.12. The number of rotatable bonds is 7. The van der Waals surface area contributed by atoms with Crippen LogP contribution in [0.15, 0.2) is 48.5 Å². The molecule has 4 rings (SSSR count). The van der Waals surface area contributed by atoms with Gasteiger partial charge in [-0.1, -0.05) is 36.4 Å². The van der Waals surface area contributed by atoms with Crippen LogP contribution in [0.1, 0.15) is 21.5 Å². The van der Waals surface area contributed by atoms with Gasteiger partial charge < -0.3 is 15.0 Å². The number of carbonyl (C=O) groups is 2. The van der Waals surface area contributed by atoms with Crippen molar-refractivity contribution in [3.8, 4) is 0 Å². The molecule has 33 heavy (non-hydrogen) atoms. The third kappa shape index (κ3) is 6.37. The minimum atomic E-state index is -0.502. The summed E-state index contributed by atoms with van der Waals surface area (Å²) < 4.78 is 19.3. The van der Waals surface area contributed by atoms with Crippen LogP contribution in [-0.4, -0.2) is 85.5 Å². The van der Waals surface area contributed by atoms with Crippen LogP contribution in [0, 0.1) is 5.82 Å². The smallest absolute Gasteiger partial charge is 0.256 e. The topological polar surface area (TPSA) is 65.1 Å². The number of carbonyl (C=O) groups excluding carboxylic acids is 2. The van der Waals surface area contributed by atoms with Gasteiger partial charge in [0.2, 0.25) is 5.91 Å². The molecule has 0 saturated carbocycles. The Balaban J connectivity index is 1.23. The van der Waals surface area contributed by atoms with Gasteiger partial charge in [-0.2, -0.15) is 0 Å². The first-order valence-electron chi connectivity index (χ1n) is 11.5. The number of morpholine rings is 1. The van der Waals surface area contributed by atoms with E-state index < -0.39 is 5.82 Å². The summed E-state index contributed by atoms with van der Waals surface area (Å²) in [7, 11) is 0. The first-order chi connectivity index (χ1) is 16.1. The zero-order valence-electron chi connectivity index (χ0n) is 18.8. The molecule has 0 bridgehead atoms. The van der Waals surface area contributed by atoms with Crippen molar-refractivity contribution in [3.05, 3.63) is 71.0 Å². The molecule has 2 saturated heterocycles. The summed E-state index contributed by atoms with van der Waals surface area (Å²) in [5, 5.41) is 3.04. The molecule has 0 spiro atoms. The summed E-state index contributed by atoms with van der Waals surface area (Å²) in [5.41, 5.74) is 2.44. The van der Waals surface area contributed by atoms with E-state index in [1.807, 2.05) is 17.0 Å². The van der Waals surface area contributed by atoms with E-state index >= 15 is 0 Å². The van der Waals surface area contributed by atoms with Crippen molar-refractivity contribution in [2.24, 2.45) is 0 Å². The Kier molecular flexibility index (Phi) is 8.04. The van der Waals surface area contributed by atoms with Gasteiger partial charge >= 0.3 is 0 Å². The highest BCUT2D eigenvalue weighted by molar-refractivity contribution is 5.94. The highest BCUT2D eigenvalue weighted by atomic mass is 19.1. The maximum Gasteiger partial charge on any atom is 0.256 e. The number of nitrogens with one attached hydrogen (secondary N) is 1. The predicted molar refractivity (Wildman–Crippen MR) is 123 cm³/mol. The Morgan fingerprint density at radius 2 is 1.52 bits per heavy atom. The van der Waals surface area contributed by atoms with E-state index in [4.69, 9.17) is 4.74 Å². The van der Waals surface area contributed by atoms with E-state index in [1.54, 1.807) is 17.0 Å². The highest BCUT2D eigenvalue weighted by Crippen LogP contribution is 2.14. The third-order valence-electron chi connectivity index (χ3n) is 6.22. The van der Waals surface area contributed by atoms with E-state index in [0.717, 1.165) is 38.4 Å². The molecule has 2 heterocycles. The van der Waals surface area contributed by atoms with Crippen molar-refractivity contribution < 1.29 is 18.7 Å². The summed E-state index contributed by atoms with van der Waals surface area (Å²) in [6, 6.07) is 14.2. The van der Waals surface area contributed by atoms with Crippen molar-refractivity contribution in [2.75, 3.05) is 59.0 Å². The molecule has 176 valence electrons. The number of halogens is 1. The number of amides is 2. The van der Waals surface area contributed by atoms with E-state index in [1.165, 1.54) is 17.7 Å². The van der Waals surface area contributed by atoms with Gasteiger partial charge in [0, 0.05) is 52.4 Å². The number of nitrogens with zero attached hydrogens (tertiary/aromatic N) is 3. The van der Waals surface area contributed by atoms with Crippen LogP contribution < -0.4 is 5.32 Å². The molecule has 0 unspecified atom stereocenters. The quantitative estimate of drug-likeness (QED) is 0.691. The summed E-state index contributed by atoms with van der Waals surface area (Å²) in [6.07, 6.45) is 0. The number of piperazine rings is 1. The van der Waals surface area contributed by atoms with Crippen molar-refractivity contribution in [3.63, 3.8) is 0 Å². The Morgan fingerprint density at radius 3 is 2.24 bits per heavy atom. The molecule has 0 radical (unpaired) electrons. The van der Waals surface area contributed by atoms with Crippen molar-refractivity contribution in [2.45, 2.75) is 13.1 Å². The lowest BCUT2D eigenvalue weighted by molar-refractivity contribution is -0.122. The molecule has 0 aliphatic carbocycles. The van der Waals surface area contributed by atoms with Gasteiger partial charge in [-0.25, -0.2) is 4.39 Å². The second kappa shape index (κ2) is 11.4. The fourth-order valence-corrected chi connectivity index (χ4v) is 4.25. The van der Waals surface area contributed by atoms with E-state index in [-0.39, 0.29) is 23.9 Å². The fourth-order valence-electron chi connectivity index (χ4n) is 4.25. The third-order valence-corrected chi connectivity index (χ3v) is 6.22. The van der Waals surface area contributed by atoms with Crippen LogP contribution in [0.3, 0.4) is 0 Å². The van der Waals surface area contributed by atoms with Gasteiger partial charge in [0.15, 0.2) is 0 Å². The average molecular weight is 455 g/mol. The molecular weight excluding hydrogens is 423 g/mol. The van der Waals surface area contributed by atoms with Gasteiger partial charge in [-0.05, 0) is 23.3 Å². The van der Waals surface area contributed by atoms with Gasteiger partial charge in [0.25, 0.3) is 5.91 Å². The lowest BCUT2D eigenvalue weighted by Gasteiger charge is -2.34. The van der Waals surface area contributed by atoms with Gasteiger partial charge in [-0.15, -0.1) is 0 Å². The number of hydrogen-bond donors (Lipinski definition) is 1. The Morgan fingerprint density at radius 1 is 0.848 bits per heavy atom. The zero-order chi connectivity index (χ0) is 23.0.